The summed E-state index contributed by atoms with van der Waals surface area (Å²) in [5.74, 6) is 0.772. The van der Waals surface area contributed by atoms with E-state index in [1.54, 1.807) is 0 Å². The van der Waals surface area contributed by atoms with Gasteiger partial charge in [0.15, 0.2) is 0 Å². The van der Waals surface area contributed by atoms with E-state index in [9.17, 15) is 0 Å². The van der Waals surface area contributed by atoms with Crippen molar-refractivity contribution in [3.05, 3.63) is 0 Å². The van der Waals surface area contributed by atoms with Crippen LogP contribution in [0, 0.1) is 11.3 Å². The van der Waals surface area contributed by atoms with E-state index in [1.807, 2.05) is 0 Å². The Morgan fingerprint density at radius 1 is 1.20 bits per heavy atom. The zero-order valence-corrected chi connectivity index (χ0v) is 13.4. The van der Waals surface area contributed by atoms with E-state index >= 15 is 0 Å². The van der Waals surface area contributed by atoms with Crippen molar-refractivity contribution in [2.24, 2.45) is 11.3 Å². The van der Waals surface area contributed by atoms with Crippen molar-refractivity contribution in [1.29, 1.82) is 0 Å². The molecule has 4 heteroatoms. The highest BCUT2D eigenvalue weighted by Crippen LogP contribution is 2.51. The van der Waals surface area contributed by atoms with E-state index in [1.165, 1.54) is 45.6 Å². The third kappa shape index (κ3) is 2.76. The molecule has 3 rings (SSSR count). The van der Waals surface area contributed by atoms with E-state index in [0.717, 1.165) is 19.1 Å². The molecule has 1 saturated carbocycles. The molecule has 0 aromatic heterocycles. The lowest BCUT2D eigenvalue weighted by atomic mass is 9.57. The second-order valence-electron chi connectivity index (χ2n) is 7.50. The van der Waals surface area contributed by atoms with E-state index in [0.29, 0.717) is 17.6 Å². The molecule has 2 heterocycles. The molecule has 20 heavy (non-hydrogen) atoms. The number of nitrogens with zero attached hydrogens (tertiary/aromatic N) is 2. The minimum atomic E-state index is 0.328. The number of rotatable bonds is 5. The van der Waals surface area contributed by atoms with Gasteiger partial charge in [-0.1, -0.05) is 13.8 Å². The Hall–Kier alpha value is -0.160. The van der Waals surface area contributed by atoms with Crippen molar-refractivity contribution in [2.45, 2.75) is 38.8 Å². The van der Waals surface area contributed by atoms with Gasteiger partial charge in [-0.3, -0.25) is 0 Å². The third-order valence-corrected chi connectivity index (χ3v) is 5.71. The second kappa shape index (κ2) is 5.91. The standard InChI is InChI=1S/C16H31N3O/c1-16(2)14(13-5-12-20-15(13)16)17-6-4-7-19-10-8-18(3)9-11-19/h13-15,17H,4-12H2,1-3H3. The van der Waals surface area contributed by atoms with Crippen LogP contribution in [-0.2, 0) is 4.74 Å². The van der Waals surface area contributed by atoms with E-state index in [4.69, 9.17) is 4.74 Å². The SMILES string of the molecule is CN1CCN(CCCNC2C3CCOC3C2(C)C)CC1. The lowest BCUT2D eigenvalue weighted by Gasteiger charge is -2.55. The highest BCUT2D eigenvalue weighted by molar-refractivity contribution is 5.11. The largest absolute Gasteiger partial charge is 0.377 e. The topological polar surface area (TPSA) is 27.7 Å². The maximum Gasteiger partial charge on any atom is 0.0685 e. The molecule has 0 bridgehead atoms. The van der Waals surface area contributed by atoms with Gasteiger partial charge in [-0.25, -0.2) is 0 Å². The molecule has 0 amide bonds. The molecule has 0 radical (unpaired) electrons. The Balaban J connectivity index is 1.34. The van der Waals surface area contributed by atoms with E-state index in [2.05, 4.69) is 36.0 Å². The second-order valence-corrected chi connectivity index (χ2v) is 7.50. The molecule has 2 saturated heterocycles. The summed E-state index contributed by atoms with van der Waals surface area (Å²) in [6, 6.07) is 0.669. The summed E-state index contributed by atoms with van der Waals surface area (Å²) in [5.41, 5.74) is 0.328. The number of fused-ring (bicyclic) bond motifs is 1. The van der Waals surface area contributed by atoms with Gasteiger partial charge in [0.2, 0.25) is 0 Å². The van der Waals surface area contributed by atoms with Gasteiger partial charge in [0, 0.05) is 50.2 Å². The van der Waals surface area contributed by atoms with Gasteiger partial charge in [-0.05, 0) is 33.0 Å². The molecule has 0 aromatic carbocycles. The van der Waals surface area contributed by atoms with Crippen molar-refractivity contribution in [1.82, 2.24) is 15.1 Å². The molecule has 0 spiro atoms. The number of ether oxygens (including phenoxy) is 1. The molecule has 116 valence electrons. The first-order chi connectivity index (χ1) is 9.59. The molecule has 1 aliphatic carbocycles. The van der Waals surface area contributed by atoms with Crippen LogP contribution >= 0.6 is 0 Å². The Labute approximate surface area is 123 Å². The number of nitrogens with one attached hydrogen (secondary N) is 1. The minimum Gasteiger partial charge on any atom is -0.377 e. The number of hydrogen-bond donors (Lipinski definition) is 1. The van der Waals surface area contributed by atoms with E-state index < -0.39 is 0 Å². The van der Waals surface area contributed by atoms with Gasteiger partial charge in [0.1, 0.15) is 0 Å². The zero-order chi connectivity index (χ0) is 14.2. The minimum absolute atomic E-state index is 0.328. The number of piperazine rings is 1. The van der Waals surface area contributed by atoms with Gasteiger partial charge in [0.05, 0.1) is 6.10 Å². The zero-order valence-electron chi connectivity index (χ0n) is 13.4. The summed E-state index contributed by atoms with van der Waals surface area (Å²) in [6.07, 6.45) is 3.04. The Kier molecular flexibility index (Phi) is 4.37. The van der Waals surface area contributed by atoms with Crippen molar-refractivity contribution in [3.63, 3.8) is 0 Å². The normalized spacial score (nSPS) is 37.6. The summed E-state index contributed by atoms with van der Waals surface area (Å²) >= 11 is 0. The highest BCUT2D eigenvalue weighted by Gasteiger charge is 2.58. The summed E-state index contributed by atoms with van der Waals surface area (Å²) in [7, 11) is 2.22. The van der Waals surface area contributed by atoms with Crippen molar-refractivity contribution < 1.29 is 4.74 Å². The average molecular weight is 281 g/mol. The van der Waals surface area contributed by atoms with Crippen molar-refractivity contribution in [2.75, 3.05) is 52.9 Å². The van der Waals surface area contributed by atoms with Crippen LogP contribution in [0.2, 0.25) is 0 Å². The summed E-state index contributed by atoms with van der Waals surface area (Å²) in [4.78, 5) is 5.03. The predicted molar refractivity (Wildman–Crippen MR) is 82.0 cm³/mol. The van der Waals surface area contributed by atoms with Crippen LogP contribution in [-0.4, -0.2) is 74.9 Å². The first-order valence-corrected chi connectivity index (χ1v) is 8.35. The molecule has 3 unspecified atom stereocenters. The van der Waals surface area contributed by atoms with Crippen LogP contribution in [0.1, 0.15) is 26.7 Å². The van der Waals surface area contributed by atoms with Gasteiger partial charge >= 0.3 is 0 Å². The lowest BCUT2D eigenvalue weighted by Crippen LogP contribution is -2.65. The maximum atomic E-state index is 5.86. The molecule has 3 aliphatic rings. The Morgan fingerprint density at radius 2 is 1.95 bits per heavy atom. The molecule has 0 aromatic rings. The van der Waals surface area contributed by atoms with Gasteiger partial charge in [-0.2, -0.15) is 0 Å². The molecular formula is C16H31N3O. The van der Waals surface area contributed by atoms with Crippen LogP contribution in [0.25, 0.3) is 0 Å². The fraction of sp³-hybridized carbons (Fsp3) is 1.00. The van der Waals surface area contributed by atoms with Crippen molar-refractivity contribution >= 4 is 0 Å². The molecule has 3 fully saturated rings. The number of hydrogen-bond acceptors (Lipinski definition) is 4. The van der Waals surface area contributed by atoms with E-state index in [-0.39, 0.29) is 0 Å². The van der Waals surface area contributed by atoms with Crippen LogP contribution in [0.15, 0.2) is 0 Å². The number of likely N-dealkylation sites (N-methyl/N-ethyl adjacent to an activating group) is 1. The van der Waals surface area contributed by atoms with Crippen LogP contribution in [0.5, 0.6) is 0 Å². The summed E-state index contributed by atoms with van der Waals surface area (Å²) in [5, 5.41) is 3.81. The van der Waals surface area contributed by atoms with Gasteiger partial charge < -0.3 is 19.9 Å². The smallest absolute Gasteiger partial charge is 0.0685 e. The van der Waals surface area contributed by atoms with Crippen molar-refractivity contribution in [3.8, 4) is 0 Å². The summed E-state index contributed by atoms with van der Waals surface area (Å²) in [6.45, 7) is 13.0. The quantitative estimate of drug-likeness (QED) is 0.762. The van der Waals surface area contributed by atoms with Crippen LogP contribution < -0.4 is 5.32 Å². The first-order valence-electron chi connectivity index (χ1n) is 8.35. The first kappa shape index (κ1) is 14.8. The van der Waals surface area contributed by atoms with Gasteiger partial charge in [0.25, 0.3) is 0 Å². The molecule has 1 N–H and O–H groups in total. The third-order valence-electron chi connectivity index (χ3n) is 5.71. The summed E-state index contributed by atoms with van der Waals surface area (Å²) < 4.78 is 5.86. The molecule has 4 nitrogen and oxygen atoms in total. The van der Waals surface area contributed by atoms with Gasteiger partial charge in [-0.15, -0.1) is 0 Å². The average Bonchev–Trinajstić information content (AvgIpc) is 2.87. The Morgan fingerprint density at radius 3 is 2.70 bits per heavy atom. The molecule has 3 atom stereocenters. The maximum absolute atomic E-state index is 5.86. The van der Waals surface area contributed by atoms with Crippen LogP contribution in [0.3, 0.4) is 0 Å². The highest BCUT2D eigenvalue weighted by atomic mass is 16.5. The molecule has 2 aliphatic heterocycles. The fourth-order valence-corrected chi connectivity index (χ4v) is 4.37. The monoisotopic (exact) mass is 281 g/mol. The molecular weight excluding hydrogens is 250 g/mol. The fourth-order valence-electron chi connectivity index (χ4n) is 4.37. The lowest BCUT2D eigenvalue weighted by molar-refractivity contribution is -0.112. The van der Waals surface area contributed by atoms with Crippen LogP contribution in [0.4, 0.5) is 0 Å². The Bertz CT molecular complexity index is 326. The predicted octanol–water partition coefficient (Wildman–Crippen LogP) is 1.03.